The second-order valence-electron chi connectivity index (χ2n) is 7.07. The Morgan fingerprint density at radius 2 is 1.84 bits per heavy atom. The molecule has 0 radical (unpaired) electrons. The second kappa shape index (κ2) is 9.22. The summed E-state index contributed by atoms with van der Waals surface area (Å²) < 4.78 is 27.5. The molecule has 1 atom stereocenters. The minimum atomic E-state index is -3.67. The summed E-state index contributed by atoms with van der Waals surface area (Å²) in [5.41, 5.74) is 0.561. The molecule has 3 aromatic rings. The summed E-state index contributed by atoms with van der Waals surface area (Å²) in [5, 5.41) is 12.6. The highest BCUT2D eigenvalue weighted by molar-refractivity contribution is 7.89. The molecule has 2 heterocycles. The van der Waals surface area contributed by atoms with E-state index in [1.807, 2.05) is 0 Å². The summed E-state index contributed by atoms with van der Waals surface area (Å²) >= 11 is 13.1. The van der Waals surface area contributed by atoms with Crippen LogP contribution in [-0.2, 0) is 10.0 Å². The molecular formula is C20H18Cl2N4O3S2. The maximum absolute atomic E-state index is 13.0. The first-order valence-corrected chi connectivity index (χ1v) is 12.5. The van der Waals surface area contributed by atoms with E-state index in [1.165, 1.54) is 27.8 Å². The average molecular weight is 497 g/mol. The third-order valence-electron chi connectivity index (χ3n) is 4.88. The molecule has 7 nitrogen and oxygen atoms in total. The molecule has 1 amide bonds. The van der Waals surface area contributed by atoms with Gasteiger partial charge in [-0.05, 0) is 49.2 Å². The number of halogens is 2. The molecule has 1 N–H and O–H groups in total. The van der Waals surface area contributed by atoms with Gasteiger partial charge in [0.2, 0.25) is 15.0 Å². The van der Waals surface area contributed by atoms with E-state index in [0.29, 0.717) is 33.7 Å². The molecule has 2 aromatic carbocycles. The Morgan fingerprint density at radius 1 is 1.10 bits per heavy atom. The van der Waals surface area contributed by atoms with E-state index in [0.717, 1.165) is 6.42 Å². The van der Waals surface area contributed by atoms with Gasteiger partial charge in [0.15, 0.2) is 0 Å². The third kappa shape index (κ3) is 5.07. The number of nitrogens with zero attached hydrogens (tertiary/aromatic N) is 3. The van der Waals surface area contributed by atoms with Crippen molar-refractivity contribution in [3.05, 3.63) is 68.6 Å². The van der Waals surface area contributed by atoms with Crippen molar-refractivity contribution in [2.75, 3.05) is 18.4 Å². The van der Waals surface area contributed by atoms with Gasteiger partial charge < -0.3 is 5.32 Å². The van der Waals surface area contributed by atoms with Crippen LogP contribution in [0.15, 0.2) is 53.4 Å². The van der Waals surface area contributed by atoms with Crippen molar-refractivity contribution in [1.29, 1.82) is 0 Å². The van der Waals surface area contributed by atoms with Gasteiger partial charge in [0.05, 0.1) is 4.90 Å². The quantitative estimate of drug-likeness (QED) is 0.554. The molecule has 1 aromatic heterocycles. The molecule has 31 heavy (non-hydrogen) atoms. The average Bonchev–Trinajstić information content (AvgIpc) is 3.24. The number of sulfonamides is 1. The number of hydrogen-bond acceptors (Lipinski definition) is 6. The number of aromatic nitrogens is 2. The minimum absolute atomic E-state index is 0.132. The molecule has 1 saturated heterocycles. The normalized spacial score (nSPS) is 17.4. The first-order chi connectivity index (χ1) is 14.8. The Labute approximate surface area is 194 Å². The topological polar surface area (TPSA) is 92.3 Å². The van der Waals surface area contributed by atoms with Crippen molar-refractivity contribution < 1.29 is 13.2 Å². The van der Waals surface area contributed by atoms with E-state index in [-0.39, 0.29) is 28.3 Å². The van der Waals surface area contributed by atoms with Crippen LogP contribution in [-0.4, -0.2) is 41.9 Å². The van der Waals surface area contributed by atoms with E-state index in [1.54, 1.807) is 36.4 Å². The Hall–Kier alpha value is -2.04. The fraction of sp³-hybridized carbons (Fsp3) is 0.250. The standard InChI is InChI=1S/C20H18Cl2N4O3S2/c21-14-5-1-7-16(10-14)23-18(27)20-25-24-19(30-20)13-4-3-9-26(12-13)31(28,29)17-8-2-6-15(22)11-17/h1-2,5-8,10-11,13H,3-4,9,12H2,(H,23,27). The predicted molar refractivity (Wildman–Crippen MR) is 122 cm³/mol. The van der Waals surface area contributed by atoms with Crippen LogP contribution < -0.4 is 5.32 Å². The number of hydrogen-bond donors (Lipinski definition) is 1. The molecule has 0 aliphatic carbocycles. The zero-order valence-corrected chi connectivity index (χ0v) is 19.3. The number of amides is 1. The summed E-state index contributed by atoms with van der Waals surface area (Å²) in [7, 11) is -3.67. The Morgan fingerprint density at radius 3 is 2.58 bits per heavy atom. The van der Waals surface area contributed by atoms with Gasteiger partial charge in [0.25, 0.3) is 5.91 Å². The summed E-state index contributed by atoms with van der Waals surface area (Å²) in [6, 6.07) is 13.1. The zero-order valence-electron chi connectivity index (χ0n) is 16.2. The van der Waals surface area contributed by atoms with Crippen molar-refractivity contribution in [2.45, 2.75) is 23.7 Å². The fourth-order valence-corrected chi connectivity index (χ4v) is 6.26. The largest absolute Gasteiger partial charge is 0.320 e. The number of carbonyl (C=O) groups is 1. The smallest absolute Gasteiger partial charge is 0.286 e. The predicted octanol–water partition coefficient (Wildman–Crippen LogP) is 4.67. The van der Waals surface area contributed by atoms with Gasteiger partial charge in [0.1, 0.15) is 5.01 Å². The molecule has 162 valence electrons. The van der Waals surface area contributed by atoms with E-state index in [4.69, 9.17) is 23.2 Å². The highest BCUT2D eigenvalue weighted by atomic mass is 35.5. The van der Waals surface area contributed by atoms with Gasteiger partial charge in [-0.15, -0.1) is 10.2 Å². The third-order valence-corrected chi connectivity index (χ3v) is 8.30. The first-order valence-electron chi connectivity index (χ1n) is 9.49. The summed E-state index contributed by atoms with van der Waals surface area (Å²) in [6.45, 7) is 0.700. The minimum Gasteiger partial charge on any atom is -0.320 e. The molecule has 1 fully saturated rings. The van der Waals surface area contributed by atoms with E-state index in [2.05, 4.69) is 15.5 Å². The van der Waals surface area contributed by atoms with Crippen molar-refractivity contribution in [2.24, 2.45) is 0 Å². The molecule has 1 aliphatic heterocycles. The molecule has 0 spiro atoms. The molecule has 11 heteroatoms. The van der Waals surface area contributed by atoms with Gasteiger partial charge >= 0.3 is 0 Å². The van der Waals surface area contributed by atoms with Crippen LogP contribution in [0.4, 0.5) is 5.69 Å². The van der Waals surface area contributed by atoms with Crippen molar-refractivity contribution in [1.82, 2.24) is 14.5 Å². The van der Waals surface area contributed by atoms with Crippen molar-refractivity contribution >= 4 is 56.2 Å². The Kier molecular flexibility index (Phi) is 6.59. The lowest BCUT2D eigenvalue weighted by atomic mass is 10.0. The van der Waals surface area contributed by atoms with Crippen molar-refractivity contribution in [3.8, 4) is 0 Å². The highest BCUT2D eigenvalue weighted by Gasteiger charge is 2.33. The van der Waals surface area contributed by atoms with Gasteiger partial charge in [-0.25, -0.2) is 8.42 Å². The lowest BCUT2D eigenvalue weighted by Gasteiger charge is -2.30. The van der Waals surface area contributed by atoms with Crippen molar-refractivity contribution in [3.63, 3.8) is 0 Å². The number of carbonyl (C=O) groups excluding carboxylic acids is 1. The first kappa shape index (κ1) is 22.2. The Balaban J connectivity index is 1.48. The number of piperidine rings is 1. The number of rotatable bonds is 5. The maximum Gasteiger partial charge on any atom is 0.286 e. The van der Waals surface area contributed by atoms with Gasteiger partial charge in [-0.3, -0.25) is 4.79 Å². The number of benzene rings is 2. The molecule has 1 unspecified atom stereocenters. The van der Waals surface area contributed by atoms with Crippen LogP contribution >= 0.6 is 34.5 Å². The number of anilines is 1. The summed E-state index contributed by atoms with van der Waals surface area (Å²) in [4.78, 5) is 12.7. The Bertz CT molecular complexity index is 1220. The van der Waals surface area contributed by atoms with Crippen LogP contribution in [0.3, 0.4) is 0 Å². The van der Waals surface area contributed by atoms with Crippen LogP contribution in [0.25, 0.3) is 0 Å². The van der Waals surface area contributed by atoms with E-state index < -0.39 is 10.0 Å². The zero-order chi connectivity index (χ0) is 22.0. The molecule has 1 aliphatic rings. The summed E-state index contributed by atoms with van der Waals surface area (Å²) in [5.74, 6) is -0.516. The summed E-state index contributed by atoms with van der Waals surface area (Å²) in [6.07, 6.45) is 1.46. The lowest BCUT2D eigenvalue weighted by Crippen LogP contribution is -2.39. The van der Waals surface area contributed by atoms with Gasteiger partial charge in [0, 0.05) is 34.7 Å². The maximum atomic E-state index is 13.0. The van der Waals surface area contributed by atoms with E-state index >= 15 is 0 Å². The van der Waals surface area contributed by atoms with Crippen LogP contribution in [0, 0.1) is 0 Å². The molecular weight excluding hydrogens is 479 g/mol. The lowest BCUT2D eigenvalue weighted by molar-refractivity contribution is 0.102. The van der Waals surface area contributed by atoms with Crippen LogP contribution in [0.1, 0.15) is 33.6 Å². The highest BCUT2D eigenvalue weighted by Crippen LogP contribution is 2.32. The van der Waals surface area contributed by atoms with Crippen LogP contribution in [0.2, 0.25) is 10.0 Å². The monoisotopic (exact) mass is 496 g/mol. The number of nitrogens with one attached hydrogen (secondary N) is 1. The van der Waals surface area contributed by atoms with Crippen LogP contribution in [0.5, 0.6) is 0 Å². The molecule has 0 saturated carbocycles. The molecule has 0 bridgehead atoms. The van der Waals surface area contributed by atoms with Gasteiger partial charge in [-0.2, -0.15) is 4.31 Å². The van der Waals surface area contributed by atoms with E-state index in [9.17, 15) is 13.2 Å². The fourth-order valence-electron chi connectivity index (χ4n) is 3.38. The SMILES string of the molecule is O=C(Nc1cccc(Cl)c1)c1nnc(C2CCCN(S(=O)(=O)c3cccc(Cl)c3)C2)s1. The van der Waals surface area contributed by atoms with Gasteiger partial charge in [-0.1, -0.05) is 46.7 Å². The molecule has 4 rings (SSSR count). The second-order valence-corrected chi connectivity index (χ2v) is 10.9.